The van der Waals surface area contributed by atoms with Crippen molar-refractivity contribution in [3.05, 3.63) is 58.7 Å². The van der Waals surface area contributed by atoms with Crippen LogP contribution in [-0.2, 0) is 21.2 Å². The third-order valence-corrected chi connectivity index (χ3v) is 5.02. The Morgan fingerprint density at radius 1 is 1.00 bits per heavy atom. The third-order valence-electron chi connectivity index (χ3n) is 4.41. The maximum Gasteiger partial charge on any atom is 0.251 e. The fourth-order valence-corrected chi connectivity index (χ4v) is 3.69. The summed E-state index contributed by atoms with van der Waals surface area (Å²) in [4.78, 5) is 21.4. The molecule has 2 aromatic heterocycles. The van der Waals surface area contributed by atoms with Gasteiger partial charge in [0.05, 0.1) is 18.4 Å². The number of rotatable bonds is 6. The van der Waals surface area contributed by atoms with E-state index < -0.39 is 10.0 Å². The van der Waals surface area contributed by atoms with Crippen molar-refractivity contribution in [2.45, 2.75) is 34.1 Å². The number of sulfonamides is 1. The molecule has 0 atom stereocenters. The van der Waals surface area contributed by atoms with Crippen molar-refractivity contribution in [2.24, 2.45) is 0 Å². The summed E-state index contributed by atoms with van der Waals surface area (Å²) in [7, 11) is -3.35. The average Bonchev–Trinajstić information content (AvgIpc) is 2.89. The lowest BCUT2D eigenvalue weighted by molar-refractivity contribution is -0.115. The van der Waals surface area contributed by atoms with E-state index in [1.165, 1.54) is 0 Å². The first kappa shape index (κ1) is 21.4. The second-order valence-electron chi connectivity index (χ2n) is 7.19. The summed E-state index contributed by atoms with van der Waals surface area (Å²) >= 11 is 0. The molecule has 1 aromatic carbocycles. The van der Waals surface area contributed by atoms with Crippen LogP contribution in [0, 0.1) is 27.7 Å². The summed E-state index contributed by atoms with van der Waals surface area (Å²) in [6.07, 6.45) is 1.22. The van der Waals surface area contributed by atoms with Crippen molar-refractivity contribution in [1.29, 1.82) is 0 Å². The van der Waals surface area contributed by atoms with Gasteiger partial charge in [0.15, 0.2) is 0 Å². The van der Waals surface area contributed by atoms with Crippen LogP contribution in [0.4, 0.5) is 11.4 Å². The molecular weight excluding hydrogens is 404 g/mol. The summed E-state index contributed by atoms with van der Waals surface area (Å²) in [6, 6.07) is 8.33. The molecule has 0 aliphatic heterocycles. The number of hydrogen-bond donors (Lipinski definition) is 2. The van der Waals surface area contributed by atoms with Crippen LogP contribution in [0.5, 0.6) is 0 Å². The van der Waals surface area contributed by atoms with E-state index in [-0.39, 0.29) is 12.3 Å². The van der Waals surface area contributed by atoms with E-state index in [0.29, 0.717) is 17.3 Å². The molecule has 0 unspecified atom stereocenters. The number of benzene rings is 1. The average molecular weight is 429 g/mol. The lowest BCUT2D eigenvalue weighted by Gasteiger charge is -2.08. The minimum atomic E-state index is -3.35. The number of carbonyl (C=O) groups is 1. The molecular formula is C20H24N6O3S. The molecule has 10 heteroatoms. The van der Waals surface area contributed by atoms with Crippen LogP contribution >= 0.6 is 0 Å². The maximum atomic E-state index is 12.6. The van der Waals surface area contributed by atoms with Crippen molar-refractivity contribution >= 4 is 27.3 Å². The molecule has 30 heavy (non-hydrogen) atoms. The van der Waals surface area contributed by atoms with Crippen LogP contribution in [0.25, 0.3) is 5.95 Å². The van der Waals surface area contributed by atoms with Crippen molar-refractivity contribution in [2.75, 3.05) is 16.3 Å². The Balaban J connectivity index is 1.75. The molecule has 0 aliphatic rings. The van der Waals surface area contributed by atoms with Crippen molar-refractivity contribution in [3.63, 3.8) is 0 Å². The molecule has 0 saturated carbocycles. The van der Waals surface area contributed by atoms with Gasteiger partial charge >= 0.3 is 0 Å². The second kappa shape index (κ2) is 8.23. The molecule has 0 saturated heterocycles. The summed E-state index contributed by atoms with van der Waals surface area (Å²) in [6.45, 7) is 7.53. The van der Waals surface area contributed by atoms with Crippen LogP contribution in [-0.4, -0.2) is 40.3 Å². The molecule has 0 aliphatic carbocycles. The number of nitrogens with one attached hydrogen (secondary N) is 2. The molecule has 9 nitrogen and oxygen atoms in total. The predicted octanol–water partition coefficient (Wildman–Crippen LogP) is 2.45. The van der Waals surface area contributed by atoms with Crippen molar-refractivity contribution in [1.82, 2.24) is 19.7 Å². The molecule has 1 amide bonds. The lowest BCUT2D eigenvalue weighted by Crippen LogP contribution is -2.15. The zero-order valence-corrected chi connectivity index (χ0v) is 18.3. The zero-order valence-electron chi connectivity index (χ0n) is 17.5. The number of amides is 1. The first-order valence-corrected chi connectivity index (χ1v) is 11.2. The molecule has 0 spiro atoms. The topological polar surface area (TPSA) is 119 Å². The first-order valence-electron chi connectivity index (χ1n) is 9.27. The van der Waals surface area contributed by atoms with Crippen molar-refractivity contribution in [3.8, 4) is 5.95 Å². The standard InChI is InChI=1S/C20H24N6O3S/c1-12-10-13(2)22-20(21-12)26-15(4)18(14(3)24-26)11-19(27)23-16-6-8-17(9-7-16)25-30(5,28)29/h6-10,25H,11H2,1-5H3,(H,23,27). The summed E-state index contributed by atoms with van der Waals surface area (Å²) < 4.78 is 26.6. The van der Waals surface area contributed by atoms with Gasteiger partial charge in [0.1, 0.15) is 0 Å². The molecule has 0 fully saturated rings. The third kappa shape index (κ3) is 5.20. The smallest absolute Gasteiger partial charge is 0.251 e. The molecule has 3 aromatic rings. The second-order valence-corrected chi connectivity index (χ2v) is 8.94. The summed E-state index contributed by atoms with van der Waals surface area (Å²) in [5.41, 5.74) is 5.04. The van der Waals surface area contributed by atoms with E-state index in [1.807, 2.05) is 33.8 Å². The normalized spacial score (nSPS) is 11.4. The Kier molecular flexibility index (Phi) is 5.88. The van der Waals surface area contributed by atoms with Gasteiger partial charge in [-0.15, -0.1) is 0 Å². The number of anilines is 2. The van der Waals surface area contributed by atoms with Gasteiger partial charge in [-0.05, 0) is 58.0 Å². The van der Waals surface area contributed by atoms with Gasteiger partial charge in [0, 0.05) is 34.0 Å². The Labute approximate surface area is 175 Å². The zero-order chi connectivity index (χ0) is 22.1. The quantitative estimate of drug-likeness (QED) is 0.622. The SMILES string of the molecule is Cc1cc(C)nc(-n2nc(C)c(CC(=O)Nc3ccc(NS(C)(=O)=O)cc3)c2C)n1. The maximum absolute atomic E-state index is 12.6. The Hall–Kier alpha value is -3.27. The summed E-state index contributed by atoms with van der Waals surface area (Å²) in [5.74, 6) is 0.277. The molecule has 158 valence electrons. The molecule has 3 rings (SSSR count). The largest absolute Gasteiger partial charge is 0.326 e. The predicted molar refractivity (Wildman–Crippen MR) is 115 cm³/mol. The van der Waals surface area contributed by atoms with E-state index in [9.17, 15) is 13.2 Å². The van der Waals surface area contributed by atoms with E-state index >= 15 is 0 Å². The first-order chi connectivity index (χ1) is 14.0. The minimum Gasteiger partial charge on any atom is -0.326 e. The number of aromatic nitrogens is 4. The Bertz CT molecular complexity index is 1180. The minimum absolute atomic E-state index is 0.145. The van der Waals surface area contributed by atoms with Crippen molar-refractivity contribution < 1.29 is 13.2 Å². The Morgan fingerprint density at radius 2 is 1.57 bits per heavy atom. The van der Waals surface area contributed by atoms with Gasteiger partial charge in [0.2, 0.25) is 15.9 Å². The van der Waals surface area contributed by atoms with Crippen LogP contribution in [0.1, 0.15) is 28.3 Å². The highest BCUT2D eigenvalue weighted by Gasteiger charge is 2.18. The van der Waals surface area contributed by atoms with Gasteiger partial charge in [-0.3, -0.25) is 9.52 Å². The molecule has 0 radical (unpaired) electrons. The highest BCUT2D eigenvalue weighted by Crippen LogP contribution is 2.19. The number of hydrogen-bond acceptors (Lipinski definition) is 6. The highest BCUT2D eigenvalue weighted by atomic mass is 32.2. The monoisotopic (exact) mass is 428 g/mol. The Morgan fingerprint density at radius 3 is 2.13 bits per heavy atom. The van der Waals surface area contributed by atoms with Gasteiger partial charge in [0.25, 0.3) is 5.95 Å². The van der Waals surface area contributed by atoms with Crippen LogP contribution in [0.15, 0.2) is 30.3 Å². The summed E-state index contributed by atoms with van der Waals surface area (Å²) in [5, 5.41) is 7.33. The van der Waals surface area contributed by atoms with Crippen LogP contribution < -0.4 is 10.0 Å². The van der Waals surface area contributed by atoms with Crippen LogP contribution in [0.2, 0.25) is 0 Å². The van der Waals surface area contributed by atoms with E-state index in [4.69, 9.17) is 0 Å². The highest BCUT2D eigenvalue weighted by molar-refractivity contribution is 7.92. The number of carbonyl (C=O) groups excluding carboxylic acids is 1. The van der Waals surface area contributed by atoms with Gasteiger partial charge in [-0.25, -0.2) is 23.1 Å². The van der Waals surface area contributed by atoms with Gasteiger partial charge < -0.3 is 5.32 Å². The van der Waals surface area contributed by atoms with Gasteiger partial charge in [-0.1, -0.05) is 0 Å². The molecule has 2 N–H and O–H groups in total. The van der Waals surface area contributed by atoms with E-state index in [1.54, 1.807) is 28.9 Å². The fourth-order valence-electron chi connectivity index (χ4n) is 3.13. The lowest BCUT2D eigenvalue weighted by atomic mass is 10.1. The fraction of sp³-hybridized carbons (Fsp3) is 0.300. The van der Waals surface area contributed by atoms with Gasteiger partial charge in [-0.2, -0.15) is 5.10 Å². The van der Waals surface area contributed by atoms with E-state index in [0.717, 1.165) is 34.6 Å². The van der Waals surface area contributed by atoms with Crippen LogP contribution in [0.3, 0.4) is 0 Å². The number of aryl methyl sites for hydroxylation is 3. The number of nitrogens with zero attached hydrogens (tertiary/aromatic N) is 4. The molecule has 0 bridgehead atoms. The van der Waals surface area contributed by atoms with E-state index in [2.05, 4.69) is 25.1 Å². The molecule has 2 heterocycles.